The van der Waals surface area contributed by atoms with E-state index in [0.29, 0.717) is 12.5 Å². The highest BCUT2D eigenvalue weighted by molar-refractivity contribution is 5.18. The highest BCUT2D eigenvalue weighted by Crippen LogP contribution is 2.27. The van der Waals surface area contributed by atoms with Gasteiger partial charge in [-0.1, -0.05) is 12.1 Å². The summed E-state index contributed by atoms with van der Waals surface area (Å²) in [4.78, 5) is 2.42. The Hall–Kier alpha value is -0.930. The Balaban J connectivity index is 2.00. The molecule has 0 bridgehead atoms. The molecule has 0 aliphatic carbocycles. The Bertz CT molecular complexity index is 404. The van der Waals surface area contributed by atoms with Crippen molar-refractivity contribution < 1.29 is 9.50 Å². The molecule has 0 radical (unpaired) electrons. The molecule has 2 nitrogen and oxygen atoms in total. The second kappa shape index (κ2) is 6.02. The van der Waals surface area contributed by atoms with E-state index in [9.17, 15) is 9.50 Å². The first-order valence-corrected chi connectivity index (χ1v) is 7.19. The molecule has 1 N–H and O–H groups in total. The fourth-order valence-electron chi connectivity index (χ4n) is 2.88. The lowest BCUT2D eigenvalue weighted by Crippen LogP contribution is -2.35. The van der Waals surface area contributed by atoms with Crippen LogP contribution in [0.3, 0.4) is 0 Å². The maximum Gasteiger partial charge on any atom is 0.123 e. The van der Waals surface area contributed by atoms with E-state index < -0.39 is 5.60 Å². The van der Waals surface area contributed by atoms with Crippen molar-refractivity contribution in [1.82, 2.24) is 4.90 Å². The minimum Gasteiger partial charge on any atom is -0.389 e. The molecular formula is C16H24FNO. The van der Waals surface area contributed by atoms with E-state index in [1.807, 2.05) is 0 Å². The van der Waals surface area contributed by atoms with Crippen LogP contribution in [0.1, 0.15) is 38.7 Å². The van der Waals surface area contributed by atoms with Gasteiger partial charge in [-0.2, -0.15) is 0 Å². The molecule has 1 heterocycles. The first kappa shape index (κ1) is 14.5. The molecule has 19 heavy (non-hydrogen) atoms. The van der Waals surface area contributed by atoms with Crippen LogP contribution in [0.5, 0.6) is 0 Å². The lowest BCUT2D eigenvalue weighted by Gasteiger charge is -2.28. The molecule has 1 atom stereocenters. The van der Waals surface area contributed by atoms with Crippen molar-refractivity contribution in [3.05, 3.63) is 35.6 Å². The summed E-state index contributed by atoms with van der Waals surface area (Å²) >= 11 is 0. The van der Waals surface area contributed by atoms with Crippen LogP contribution in [0.4, 0.5) is 4.39 Å². The Labute approximate surface area is 115 Å². The number of halogens is 1. The molecule has 1 fully saturated rings. The van der Waals surface area contributed by atoms with Gasteiger partial charge in [0, 0.05) is 19.0 Å². The van der Waals surface area contributed by atoms with Crippen LogP contribution in [0, 0.1) is 5.82 Å². The lowest BCUT2D eigenvalue weighted by molar-refractivity contribution is 0.0248. The van der Waals surface area contributed by atoms with Crippen LogP contribution in [0.2, 0.25) is 0 Å². The fraction of sp³-hybridized carbons (Fsp3) is 0.625. The SMILES string of the molecule is CC(C)N1CCCC(O)(Cc2ccc(F)cc2)CC1. The van der Waals surface area contributed by atoms with Gasteiger partial charge in [-0.3, -0.25) is 0 Å². The molecule has 2 rings (SSSR count). The van der Waals surface area contributed by atoms with Crippen molar-refractivity contribution in [2.75, 3.05) is 13.1 Å². The fourth-order valence-corrected chi connectivity index (χ4v) is 2.88. The van der Waals surface area contributed by atoms with Gasteiger partial charge in [0.15, 0.2) is 0 Å². The number of rotatable bonds is 3. The molecule has 1 aromatic rings. The molecule has 0 amide bonds. The number of aliphatic hydroxyl groups is 1. The van der Waals surface area contributed by atoms with Crippen molar-refractivity contribution in [3.63, 3.8) is 0 Å². The third-order valence-electron chi connectivity index (χ3n) is 4.13. The van der Waals surface area contributed by atoms with E-state index in [0.717, 1.165) is 37.9 Å². The third-order valence-corrected chi connectivity index (χ3v) is 4.13. The molecule has 1 aliphatic heterocycles. The lowest BCUT2D eigenvalue weighted by atomic mass is 9.88. The van der Waals surface area contributed by atoms with Crippen molar-refractivity contribution in [2.24, 2.45) is 0 Å². The van der Waals surface area contributed by atoms with Gasteiger partial charge in [-0.05, 0) is 57.4 Å². The first-order valence-electron chi connectivity index (χ1n) is 7.19. The summed E-state index contributed by atoms with van der Waals surface area (Å²) in [5.74, 6) is -0.220. The first-order chi connectivity index (χ1) is 8.98. The summed E-state index contributed by atoms with van der Waals surface area (Å²) in [5.41, 5.74) is 0.378. The Kier molecular flexibility index (Phi) is 4.58. The predicted molar refractivity (Wildman–Crippen MR) is 75.6 cm³/mol. The standard InChI is InChI=1S/C16H24FNO/c1-13(2)18-10-3-8-16(19,9-11-18)12-14-4-6-15(17)7-5-14/h4-7,13,19H,3,8-12H2,1-2H3. The zero-order valence-electron chi connectivity index (χ0n) is 11.9. The number of benzene rings is 1. The summed E-state index contributed by atoms with van der Waals surface area (Å²) in [6.07, 6.45) is 3.27. The van der Waals surface area contributed by atoms with Gasteiger partial charge in [0.05, 0.1) is 5.60 Å². The Morgan fingerprint density at radius 2 is 1.89 bits per heavy atom. The van der Waals surface area contributed by atoms with E-state index in [-0.39, 0.29) is 5.82 Å². The van der Waals surface area contributed by atoms with Crippen LogP contribution in [0.25, 0.3) is 0 Å². The molecule has 0 spiro atoms. The van der Waals surface area contributed by atoms with Crippen LogP contribution < -0.4 is 0 Å². The Morgan fingerprint density at radius 3 is 2.53 bits per heavy atom. The molecule has 106 valence electrons. The summed E-state index contributed by atoms with van der Waals surface area (Å²) < 4.78 is 12.9. The highest BCUT2D eigenvalue weighted by atomic mass is 19.1. The smallest absolute Gasteiger partial charge is 0.123 e. The van der Waals surface area contributed by atoms with Gasteiger partial charge in [-0.15, -0.1) is 0 Å². The van der Waals surface area contributed by atoms with Crippen LogP contribution in [-0.4, -0.2) is 34.7 Å². The predicted octanol–water partition coefficient (Wildman–Crippen LogP) is 2.99. The molecular weight excluding hydrogens is 241 g/mol. The molecule has 1 saturated heterocycles. The number of hydrogen-bond donors (Lipinski definition) is 1. The van der Waals surface area contributed by atoms with Gasteiger partial charge in [0.2, 0.25) is 0 Å². The minimum absolute atomic E-state index is 0.220. The van der Waals surface area contributed by atoms with E-state index in [4.69, 9.17) is 0 Å². The second-order valence-electron chi connectivity index (χ2n) is 6.01. The van der Waals surface area contributed by atoms with Crippen molar-refractivity contribution in [2.45, 2.75) is 51.2 Å². The molecule has 1 unspecified atom stereocenters. The molecule has 0 aromatic heterocycles. The average Bonchev–Trinajstić information content (AvgIpc) is 2.55. The van der Waals surface area contributed by atoms with Gasteiger partial charge in [0.1, 0.15) is 5.82 Å². The van der Waals surface area contributed by atoms with E-state index in [1.165, 1.54) is 12.1 Å². The summed E-state index contributed by atoms with van der Waals surface area (Å²) in [5, 5.41) is 10.8. The normalized spacial score (nSPS) is 25.5. The van der Waals surface area contributed by atoms with Crippen molar-refractivity contribution >= 4 is 0 Å². The summed E-state index contributed by atoms with van der Waals surface area (Å²) in [6.45, 7) is 6.40. The average molecular weight is 265 g/mol. The third kappa shape index (κ3) is 4.02. The van der Waals surface area contributed by atoms with Gasteiger partial charge < -0.3 is 10.0 Å². The van der Waals surface area contributed by atoms with Gasteiger partial charge in [-0.25, -0.2) is 4.39 Å². The van der Waals surface area contributed by atoms with E-state index in [2.05, 4.69) is 18.7 Å². The molecule has 1 aliphatic rings. The van der Waals surface area contributed by atoms with Gasteiger partial charge >= 0.3 is 0 Å². The topological polar surface area (TPSA) is 23.5 Å². The molecule has 3 heteroatoms. The van der Waals surface area contributed by atoms with Gasteiger partial charge in [0.25, 0.3) is 0 Å². The zero-order valence-corrected chi connectivity index (χ0v) is 11.9. The number of nitrogens with zero attached hydrogens (tertiary/aromatic N) is 1. The second-order valence-corrected chi connectivity index (χ2v) is 6.01. The summed E-state index contributed by atoms with van der Waals surface area (Å²) in [6, 6.07) is 7.02. The van der Waals surface area contributed by atoms with Crippen LogP contribution in [-0.2, 0) is 6.42 Å². The van der Waals surface area contributed by atoms with E-state index in [1.54, 1.807) is 12.1 Å². The largest absolute Gasteiger partial charge is 0.389 e. The van der Waals surface area contributed by atoms with E-state index >= 15 is 0 Å². The van der Waals surface area contributed by atoms with Crippen molar-refractivity contribution in [1.29, 1.82) is 0 Å². The quantitative estimate of drug-likeness (QED) is 0.908. The maximum absolute atomic E-state index is 12.9. The Morgan fingerprint density at radius 1 is 1.21 bits per heavy atom. The monoisotopic (exact) mass is 265 g/mol. The number of likely N-dealkylation sites (tertiary alicyclic amines) is 1. The summed E-state index contributed by atoms with van der Waals surface area (Å²) in [7, 11) is 0. The molecule has 0 saturated carbocycles. The van der Waals surface area contributed by atoms with Crippen molar-refractivity contribution in [3.8, 4) is 0 Å². The minimum atomic E-state index is -0.637. The van der Waals surface area contributed by atoms with Crippen LogP contribution in [0.15, 0.2) is 24.3 Å². The van der Waals surface area contributed by atoms with Crippen LogP contribution >= 0.6 is 0 Å². The maximum atomic E-state index is 12.9. The highest BCUT2D eigenvalue weighted by Gasteiger charge is 2.30. The zero-order chi connectivity index (χ0) is 13.9. The molecule has 1 aromatic carbocycles. The number of hydrogen-bond acceptors (Lipinski definition) is 2.